The molecule has 0 atom stereocenters. The zero-order valence-corrected chi connectivity index (χ0v) is 15.9. The molecule has 0 aliphatic rings. The third-order valence-corrected chi connectivity index (χ3v) is 4.43. The monoisotopic (exact) mass is 402 g/mol. The Morgan fingerprint density at radius 1 is 1.15 bits per heavy atom. The molecule has 7 heteroatoms. The van der Waals surface area contributed by atoms with Crippen LogP contribution < -0.4 is 10.2 Å². The van der Waals surface area contributed by atoms with Gasteiger partial charge in [-0.05, 0) is 43.3 Å². The smallest absolute Gasteiger partial charge is 0.277 e. The first-order valence-electron chi connectivity index (χ1n) is 8.08. The van der Waals surface area contributed by atoms with Gasteiger partial charge in [-0.25, -0.2) is 5.43 Å². The number of nitrogens with one attached hydrogen (secondary N) is 1. The van der Waals surface area contributed by atoms with Crippen LogP contribution in [0.3, 0.4) is 0 Å². The first kappa shape index (κ1) is 19.0. The molecule has 0 bridgehead atoms. The van der Waals surface area contributed by atoms with Crippen LogP contribution in [0.2, 0.25) is 10.0 Å². The lowest BCUT2D eigenvalue weighted by molar-refractivity contribution is -0.123. The predicted octanol–water partition coefficient (Wildman–Crippen LogP) is 5.09. The second-order valence-corrected chi connectivity index (χ2v) is 6.48. The summed E-state index contributed by atoms with van der Waals surface area (Å²) in [5.74, 6) is 1.25. The lowest BCUT2D eigenvalue weighted by atomic mass is 10.2. The second-order valence-electron chi connectivity index (χ2n) is 5.70. The number of halogens is 2. The van der Waals surface area contributed by atoms with Crippen LogP contribution in [0.15, 0.2) is 64.1 Å². The molecule has 27 heavy (non-hydrogen) atoms. The van der Waals surface area contributed by atoms with Crippen LogP contribution in [0.1, 0.15) is 11.3 Å². The highest BCUT2D eigenvalue weighted by Gasteiger charge is 2.10. The van der Waals surface area contributed by atoms with E-state index in [1.54, 1.807) is 42.5 Å². The minimum Gasteiger partial charge on any atom is -0.484 e. The summed E-state index contributed by atoms with van der Waals surface area (Å²) in [7, 11) is 0. The number of carbonyl (C=O) groups is 1. The predicted molar refractivity (Wildman–Crippen MR) is 107 cm³/mol. The van der Waals surface area contributed by atoms with Gasteiger partial charge in [0.25, 0.3) is 5.91 Å². The van der Waals surface area contributed by atoms with Crippen molar-refractivity contribution < 1.29 is 13.9 Å². The molecule has 2 aromatic carbocycles. The van der Waals surface area contributed by atoms with E-state index in [-0.39, 0.29) is 12.5 Å². The van der Waals surface area contributed by atoms with Crippen molar-refractivity contribution in [2.45, 2.75) is 6.92 Å². The van der Waals surface area contributed by atoms with Crippen molar-refractivity contribution in [2.75, 3.05) is 6.61 Å². The molecule has 3 aromatic rings. The fourth-order valence-corrected chi connectivity index (χ4v) is 2.64. The number of hydrogen-bond donors (Lipinski definition) is 1. The topological polar surface area (TPSA) is 63.8 Å². The van der Waals surface area contributed by atoms with Gasteiger partial charge in [0, 0.05) is 5.56 Å². The molecule has 0 saturated carbocycles. The van der Waals surface area contributed by atoms with Crippen molar-refractivity contribution in [2.24, 2.45) is 5.10 Å². The Morgan fingerprint density at radius 3 is 2.70 bits per heavy atom. The Hall–Kier alpha value is -2.76. The molecule has 3 rings (SSSR count). The average molecular weight is 403 g/mol. The van der Waals surface area contributed by atoms with E-state index in [0.29, 0.717) is 32.9 Å². The molecule has 1 N–H and O–H groups in total. The molecule has 0 fully saturated rings. The zero-order chi connectivity index (χ0) is 19.2. The number of aryl methyl sites for hydroxylation is 1. The van der Waals surface area contributed by atoms with Crippen molar-refractivity contribution in [3.63, 3.8) is 0 Å². The van der Waals surface area contributed by atoms with E-state index in [2.05, 4.69) is 10.5 Å². The first-order chi connectivity index (χ1) is 13.0. The summed E-state index contributed by atoms with van der Waals surface area (Å²) in [6.07, 6.45) is 1.39. The molecule has 1 aromatic heterocycles. The summed E-state index contributed by atoms with van der Waals surface area (Å²) in [4.78, 5) is 11.8. The van der Waals surface area contributed by atoms with Crippen LogP contribution in [0, 0.1) is 6.92 Å². The number of amides is 1. The van der Waals surface area contributed by atoms with Gasteiger partial charge in [0.2, 0.25) is 0 Å². The Kier molecular flexibility index (Phi) is 6.16. The first-order valence-corrected chi connectivity index (χ1v) is 8.84. The van der Waals surface area contributed by atoms with Crippen LogP contribution in [-0.4, -0.2) is 18.7 Å². The number of hydrazone groups is 1. The number of hydrogen-bond acceptors (Lipinski definition) is 4. The van der Waals surface area contributed by atoms with Crippen LogP contribution in [0.4, 0.5) is 0 Å². The third kappa shape index (κ3) is 5.12. The third-order valence-electron chi connectivity index (χ3n) is 3.62. The summed E-state index contributed by atoms with van der Waals surface area (Å²) in [6, 6.07) is 16.2. The fraction of sp³-hybridized carbons (Fsp3) is 0.100. The highest BCUT2D eigenvalue weighted by Crippen LogP contribution is 2.34. The number of carbonyl (C=O) groups excluding carboxylic acids is 1. The molecular weight excluding hydrogens is 387 g/mol. The zero-order valence-electron chi connectivity index (χ0n) is 14.4. The number of benzene rings is 2. The number of ether oxygens (including phenoxy) is 1. The van der Waals surface area contributed by atoms with E-state index in [1.807, 2.05) is 19.1 Å². The lowest BCUT2D eigenvalue weighted by Crippen LogP contribution is -2.24. The minimum atomic E-state index is -0.378. The quantitative estimate of drug-likeness (QED) is 0.461. The Bertz CT molecular complexity index is 966. The summed E-state index contributed by atoms with van der Waals surface area (Å²) < 4.78 is 11.0. The summed E-state index contributed by atoms with van der Waals surface area (Å²) in [5, 5.41) is 4.72. The molecule has 0 aliphatic carbocycles. The number of nitrogens with zero attached hydrogens (tertiary/aromatic N) is 1. The number of rotatable bonds is 6. The van der Waals surface area contributed by atoms with Gasteiger partial charge in [-0.2, -0.15) is 5.10 Å². The van der Waals surface area contributed by atoms with Gasteiger partial charge in [0.1, 0.15) is 17.3 Å². The van der Waals surface area contributed by atoms with Gasteiger partial charge in [-0.1, -0.05) is 47.0 Å². The summed E-state index contributed by atoms with van der Waals surface area (Å²) >= 11 is 12.2. The van der Waals surface area contributed by atoms with Gasteiger partial charge >= 0.3 is 0 Å². The van der Waals surface area contributed by atoms with Gasteiger partial charge in [0.15, 0.2) is 6.61 Å². The highest BCUT2D eigenvalue weighted by atomic mass is 35.5. The van der Waals surface area contributed by atoms with E-state index < -0.39 is 0 Å². The Labute approximate surface area is 166 Å². The van der Waals surface area contributed by atoms with Gasteiger partial charge in [-0.3, -0.25) is 4.79 Å². The molecule has 1 amide bonds. The standard InChI is InChI=1S/C20H16Cl2N2O3/c1-13-5-7-14(8-6-13)26-12-19(25)24-23-11-15-9-10-18(27-15)16-3-2-4-17(21)20(16)22/h2-11H,12H2,1H3,(H,24,25). The maximum Gasteiger partial charge on any atom is 0.277 e. The van der Waals surface area contributed by atoms with Gasteiger partial charge in [0.05, 0.1) is 16.3 Å². The summed E-state index contributed by atoms with van der Waals surface area (Å²) in [5.41, 5.74) is 4.18. The maximum atomic E-state index is 11.8. The van der Waals surface area contributed by atoms with Crippen LogP contribution >= 0.6 is 23.2 Å². The SMILES string of the molecule is Cc1ccc(OCC(=O)NN=Cc2ccc(-c3cccc(Cl)c3Cl)o2)cc1. The van der Waals surface area contributed by atoms with Crippen molar-refractivity contribution in [1.82, 2.24) is 5.43 Å². The van der Waals surface area contributed by atoms with Crippen molar-refractivity contribution >= 4 is 35.3 Å². The van der Waals surface area contributed by atoms with E-state index in [4.69, 9.17) is 32.4 Å². The van der Waals surface area contributed by atoms with Crippen molar-refractivity contribution in [1.29, 1.82) is 0 Å². The van der Waals surface area contributed by atoms with E-state index in [0.717, 1.165) is 5.56 Å². The molecule has 138 valence electrons. The highest BCUT2D eigenvalue weighted by molar-refractivity contribution is 6.43. The minimum absolute atomic E-state index is 0.137. The van der Waals surface area contributed by atoms with E-state index >= 15 is 0 Å². The van der Waals surface area contributed by atoms with Crippen molar-refractivity contribution in [3.05, 3.63) is 76.0 Å². The number of furan rings is 1. The maximum absolute atomic E-state index is 11.8. The second kappa shape index (κ2) is 8.75. The largest absolute Gasteiger partial charge is 0.484 e. The van der Waals surface area contributed by atoms with Crippen LogP contribution in [0.25, 0.3) is 11.3 Å². The molecule has 5 nitrogen and oxygen atoms in total. The van der Waals surface area contributed by atoms with Gasteiger partial charge < -0.3 is 9.15 Å². The normalized spacial score (nSPS) is 10.9. The fourth-order valence-electron chi connectivity index (χ4n) is 2.24. The Morgan fingerprint density at radius 2 is 1.93 bits per heavy atom. The average Bonchev–Trinajstić information content (AvgIpc) is 3.12. The molecule has 0 unspecified atom stereocenters. The van der Waals surface area contributed by atoms with E-state index in [9.17, 15) is 4.79 Å². The molecule has 0 radical (unpaired) electrons. The Balaban J connectivity index is 1.54. The van der Waals surface area contributed by atoms with Crippen LogP contribution in [-0.2, 0) is 4.79 Å². The summed E-state index contributed by atoms with van der Waals surface area (Å²) in [6.45, 7) is 1.84. The molecular formula is C20H16Cl2N2O3. The van der Waals surface area contributed by atoms with Gasteiger partial charge in [-0.15, -0.1) is 0 Å². The molecule has 0 aliphatic heterocycles. The van der Waals surface area contributed by atoms with E-state index in [1.165, 1.54) is 6.21 Å². The lowest BCUT2D eigenvalue weighted by Gasteiger charge is -2.04. The molecule has 0 saturated heterocycles. The van der Waals surface area contributed by atoms with Crippen molar-refractivity contribution in [3.8, 4) is 17.1 Å². The van der Waals surface area contributed by atoms with Crippen LogP contribution in [0.5, 0.6) is 5.75 Å². The molecule has 0 spiro atoms. The molecule has 1 heterocycles.